The van der Waals surface area contributed by atoms with E-state index in [1.54, 1.807) is 13.2 Å². The largest absolute Gasteiger partial charge is 0.493 e. The van der Waals surface area contributed by atoms with Gasteiger partial charge < -0.3 is 23.7 Å². The van der Waals surface area contributed by atoms with Crippen molar-refractivity contribution in [1.82, 2.24) is 14.7 Å². The Hall–Kier alpha value is -3.52. The lowest BCUT2D eigenvalue weighted by Crippen LogP contribution is -2.06. The minimum absolute atomic E-state index is 0.0200. The predicted molar refractivity (Wildman–Crippen MR) is 128 cm³/mol. The quantitative estimate of drug-likeness (QED) is 0.357. The number of hydrogen-bond donors (Lipinski definition) is 1. The van der Waals surface area contributed by atoms with E-state index in [-0.39, 0.29) is 18.4 Å². The third kappa shape index (κ3) is 3.88. The summed E-state index contributed by atoms with van der Waals surface area (Å²) in [5.41, 5.74) is 3.34. The van der Waals surface area contributed by atoms with Crippen LogP contribution in [0.4, 0.5) is 0 Å². The molecular formula is C25H24ClN3O5. The summed E-state index contributed by atoms with van der Waals surface area (Å²) in [5.74, 6) is 1.11. The van der Waals surface area contributed by atoms with Gasteiger partial charge >= 0.3 is 5.97 Å². The van der Waals surface area contributed by atoms with E-state index in [2.05, 4.69) is 14.7 Å². The van der Waals surface area contributed by atoms with Gasteiger partial charge in [-0.25, -0.2) is 0 Å². The zero-order chi connectivity index (χ0) is 24.0. The average molecular weight is 482 g/mol. The highest BCUT2D eigenvalue weighted by Crippen LogP contribution is 2.43. The Bertz CT molecular complexity index is 1390. The Morgan fingerprint density at radius 1 is 1.24 bits per heavy atom. The van der Waals surface area contributed by atoms with Gasteiger partial charge in [-0.3, -0.25) is 4.79 Å². The van der Waals surface area contributed by atoms with Crippen LogP contribution in [0.15, 0.2) is 40.9 Å². The molecule has 1 atom stereocenters. The third-order valence-electron chi connectivity index (χ3n) is 6.01. The fraction of sp³-hybridized carbons (Fsp3) is 0.320. The number of fused-ring (bicyclic) bond motifs is 3. The molecule has 5 rings (SSSR count). The summed E-state index contributed by atoms with van der Waals surface area (Å²) in [6.45, 7) is 4.65. The SMILES string of the molecule is COc1cc(-c2nc(-c3ccc4c(c3)c(Cl)c3n4CC[C@H]3CC(=O)O)no2)ccc1OC(C)C. The summed E-state index contributed by atoms with van der Waals surface area (Å²) < 4.78 is 18.9. The van der Waals surface area contributed by atoms with Crippen molar-refractivity contribution in [2.24, 2.45) is 0 Å². The van der Waals surface area contributed by atoms with Crippen LogP contribution in [0.25, 0.3) is 33.7 Å². The zero-order valence-electron chi connectivity index (χ0n) is 19.0. The molecule has 176 valence electrons. The molecule has 2 aromatic carbocycles. The molecule has 3 heterocycles. The second-order valence-corrected chi connectivity index (χ2v) is 9.00. The summed E-state index contributed by atoms with van der Waals surface area (Å²) in [4.78, 5) is 15.8. The van der Waals surface area contributed by atoms with Crippen LogP contribution in [0.2, 0.25) is 5.02 Å². The van der Waals surface area contributed by atoms with Gasteiger partial charge in [-0.15, -0.1) is 0 Å². The summed E-state index contributed by atoms with van der Waals surface area (Å²) in [6, 6.07) is 11.3. The smallest absolute Gasteiger partial charge is 0.304 e. The van der Waals surface area contributed by atoms with Gasteiger partial charge in [0.05, 0.1) is 24.7 Å². The lowest BCUT2D eigenvalue weighted by Gasteiger charge is -2.13. The molecule has 34 heavy (non-hydrogen) atoms. The Kier molecular flexibility index (Phi) is 5.69. The number of nitrogens with zero attached hydrogens (tertiary/aromatic N) is 3. The molecule has 8 nitrogen and oxygen atoms in total. The number of methoxy groups -OCH3 is 1. The van der Waals surface area contributed by atoms with Crippen molar-refractivity contribution >= 4 is 28.5 Å². The van der Waals surface area contributed by atoms with E-state index in [0.29, 0.717) is 33.8 Å². The average Bonchev–Trinajstić information content (AvgIpc) is 3.51. The van der Waals surface area contributed by atoms with Gasteiger partial charge in [0.2, 0.25) is 5.82 Å². The maximum atomic E-state index is 11.3. The maximum absolute atomic E-state index is 11.3. The molecule has 4 aromatic rings. The molecule has 0 bridgehead atoms. The first kappa shape index (κ1) is 22.3. The topological polar surface area (TPSA) is 99.6 Å². The summed E-state index contributed by atoms with van der Waals surface area (Å²) in [5, 5.41) is 14.9. The van der Waals surface area contributed by atoms with Crippen LogP contribution < -0.4 is 9.47 Å². The number of carboxylic acid groups (broad SMARTS) is 1. The molecule has 1 N–H and O–H groups in total. The van der Waals surface area contributed by atoms with Gasteiger partial charge in [-0.1, -0.05) is 16.8 Å². The molecule has 1 aliphatic rings. The molecule has 0 aliphatic carbocycles. The second-order valence-electron chi connectivity index (χ2n) is 8.62. The van der Waals surface area contributed by atoms with Crippen molar-refractivity contribution < 1.29 is 23.9 Å². The number of carboxylic acids is 1. The summed E-state index contributed by atoms with van der Waals surface area (Å²) in [6.07, 6.45) is 0.867. The van der Waals surface area contributed by atoms with Crippen molar-refractivity contribution in [2.45, 2.75) is 45.3 Å². The number of benzene rings is 2. The Morgan fingerprint density at radius 3 is 2.76 bits per heavy atom. The molecule has 0 fully saturated rings. The number of carbonyl (C=O) groups is 1. The number of rotatable bonds is 7. The Morgan fingerprint density at radius 2 is 2.03 bits per heavy atom. The monoisotopic (exact) mass is 481 g/mol. The molecule has 1 aliphatic heterocycles. The van der Waals surface area contributed by atoms with Gasteiger partial charge in [0.25, 0.3) is 5.89 Å². The van der Waals surface area contributed by atoms with Crippen molar-refractivity contribution in [3.05, 3.63) is 47.1 Å². The van der Waals surface area contributed by atoms with Gasteiger partial charge in [0.15, 0.2) is 11.5 Å². The van der Waals surface area contributed by atoms with Crippen LogP contribution >= 0.6 is 11.6 Å². The standard InChI is InChI=1S/C25H24ClN3O5/c1-13(2)33-19-7-5-16(11-20(19)32-3)25-27-24(28-34-25)15-4-6-18-17(10-15)22(26)23-14(12-21(30)31)8-9-29(18)23/h4-7,10-11,13-14H,8-9,12H2,1-3H3,(H,30,31)/t14-/m0/s1. The van der Waals surface area contributed by atoms with E-state index >= 15 is 0 Å². The number of aromatic nitrogens is 3. The van der Waals surface area contributed by atoms with Gasteiger partial charge in [-0.05, 0) is 56.7 Å². The van der Waals surface area contributed by atoms with Crippen molar-refractivity contribution in [2.75, 3.05) is 7.11 Å². The second kappa shape index (κ2) is 8.68. The van der Waals surface area contributed by atoms with Crippen LogP contribution in [0.3, 0.4) is 0 Å². The number of aryl methyl sites for hydroxylation is 1. The molecule has 0 saturated carbocycles. The van der Waals surface area contributed by atoms with E-state index in [1.807, 2.05) is 44.2 Å². The zero-order valence-corrected chi connectivity index (χ0v) is 19.8. The lowest BCUT2D eigenvalue weighted by molar-refractivity contribution is -0.137. The highest BCUT2D eigenvalue weighted by molar-refractivity contribution is 6.36. The lowest BCUT2D eigenvalue weighted by atomic mass is 10.00. The Labute approximate surface area is 201 Å². The van der Waals surface area contributed by atoms with Crippen LogP contribution in [-0.2, 0) is 11.3 Å². The minimum Gasteiger partial charge on any atom is -0.493 e. The Balaban J connectivity index is 1.48. The van der Waals surface area contributed by atoms with E-state index < -0.39 is 5.97 Å². The predicted octanol–water partition coefficient (Wildman–Crippen LogP) is 5.77. The van der Waals surface area contributed by atoms with Gasteiger partial charge in [0.1, 0.15) is 0 Å². The van der Waals surface area contributed by atoms with E-state index in [0.717, 1.165) is 35.1 Å². The van der Waals surface area contributed by atoms with E-state index in [1.165, 1.54) is 0 Å². The van der Waals surface area contributed by atoms with Crippen LogP contribution in [0.1, 0.15) is 38.3 Å². The first-order valence-electron chi connectivity index (χ1n) is 11.1. The highest BCUT2D eigenvalue weighted by atomic mass is 35.5. The molecule has 0 spiro atoms. The van der Waals surface area contributed by atoms with E-state index in [9.17, 15) is 9.90 Å². The minimum atomic E-state index is -0.819. The summed E-state index contributed by atoms with van der Waals surface area (Å²) >= 11 is 6.72. The van der Waals surface area contributed by atoms with Crippen LogP contribution in [0.5, 0.6) is 11.5 Å². The van der Waals surface area contributed by atoms with E-state index in [4.69, 9.17) is 25.6 Å². The maximum Gasteiger partial charge on any atom is 0.304 e. The van der Waals surface area contributed by atoms with Crippen LogP contribution in [-0.4, -0.2) is 39.0 Å². The first-order valence-corrected chi connectivity index (χ1v) is 11.5. The van der Waals surface area contributed by atoms with Gasteiger partial charge in [-0.2, -0.15) is 4.98 Å². The molecule has 0 unspecified atom stereocenters. The first-order chi connectivity index (χ1) is 16.4. The summed E-state index contributed by atoms with van der Waals surface area (Å²) in [7, 11) is 1.58. The number of halogens is 1. The molecule has 2 aromatic heterocycles. The normalized spacial score (nSPS) is 15.1. The third-order valence-corrected chi connectivity index (χ3v) is 6.40. The number of hydrogen-bond acceptors (Lipinski definition) is 6. The van der Waals surface area contributed by atoms with Crippen molar-refractivity contribution in [3.8, 4) is 34.3 Å². The number of aliphatic carboxylic acids is 1. The fourth-order valence-corrected chi connectivity index (χ4v) is 4.96. The van der Waals surface area contributed by atoms with Gasteiger partial charge in [0, 0.05) is 40.2 Å². The van der Waals surface area contributed by atoms with Crippen molar-refractivity contribution in [1.29, 1.82) is 0 Å². The fourth-order valence-electron chi connectivity index (χ4n) is 4.55. The number of ether oxygens (including phenoxy) is 2. The van der Waals surface area contributed by atoms with Crippen molar-refractivity contribution in [3.63, 3.8) is 0 Å². The highest BCUT2D eigenvalue weighted by Gasteiger charge is 2.30. The molecule has 0 radical (unpaired) electrons. The molecular weight excluding hydrogens is 458 g/mol. The van der Waals surface area contributed by atoms with Crippen LogP contribution in [0, 0.1) is 0 Å². The molecule has 0 amide bonds. The molecule has 9 heteroatoms. The molecule has 0 saturated heterocycles.